The first-order chi connectivity index (χ1) is 12.0. The molecule has 2 fully saturated rings. The van der Waals surface area contributed by atoms with Crippen LogP contribution in [-0.4, -0.2) is 52.7 Å². The Hall–Kier alpha value is -1.89. The molecule has 3 atom stereocenters. The fraction of sp³-hybridized carbons (Fsp3) is 0.722. The Bertz CT molecular complexity index is 615. The average Bonchev–Trinajstić information content (AvgIpc) is 3.10. The van der Waals surface area contributed by atoms with Gasteiger partial charge in [0, 0.05) is 24.7 Å². The van der Waals surface area contributed by atoms with Crippen molar-refractivity contribution in [1.82, 2.24) is 15.1 Å². The van der Waals surface area contributed by atoms with Crippen LogP contribution in [0, 0.1) is 5.92 Å². The van der Waals surface area contributed by atoms with Crippen LogP contribution in [0.15, 0.2) is 6.07 Å². The molecule has 1 aliphatic heterocycles. The van der Waals surface area contributed by atoms with E-state index in [1.54, 1.807) is 6.07 Å². The van der Waals surface area contributed by atoms with Crippen LogP contribution in [0.1, 0.15) is 67.5 Å². The maximum absolute atomic E-state index is 12.5. The monoisotopic (exact) mass is 348 g/mol. The number of aromatic nitrogens is 2. The van der Waals surface area contributed by atoms with E-state index < -0.39 is 5.91 Å². The van der Waals surface area contributed by atoms with Gasteiger partial charge in [0.15, 0.2) is 0 Å². The lowest BCUT2D eigenvalue weighted by atomic mass is 9.89. The zero-order valence-corrected chi connectivity index (χ0v) is 14.9. The third-order valence-corrected chi connectivity index (χ3v) is 5.39. The van der Waals surface area contributed by atoms with Crippen molar-refractivity contribution < 1.29 is 14.3 Å². The molecule has 0 unspecified atom stereocenters. The molecule has 7 heteroatoms. The normalized spacial score (nSPS) is 27.2. The average molecular weight is 348 g/mol. The van der Waals surface area contributed by atoms with E-state index in [2.05, 4.69) is 17.1 Å². The van der Waals surface area contributed by atoms with E-state index in [0.29, 0.717) is 12.5 Å². The van der Waals surface area contributed by atoms with Crippen molar-refractivity contribution in [3.63, 3.8) is 0 Å². The highest BCUT2D eigenvalue weighted by Crippen LogP contribution is 2.27. The summed E-state index contributed by atoms with van der Waals surface area (Å²) in [4.78, 5) is 25.6. The Balaban J connectivity index is 1.51. The first kappa shape index (κ1) is 17.9. The number of piperidine rings is 1. The molecule has 1 aromatic rings. The van der Waals surface area contributed by atoms with Crippen LogP contribution in [-0.2, 0) is 9.53 Å². The summed E-state index contributed by atoms with van der Waals surface area (Å²) in [7, 11) is 0. The largest absolute Gasteiger partial charge is 0.368 e. The van der Waals surface area contributed by atoms with Gasteiger partial charge in [-0.1, -0.05) is 19.8 Å². The molecule has 2 heterocycles. The fourth-order valence-electron chi connectivity index (χ4n) is 3.94. The van der Waals surface area contributed by atoms with Crippen LogP contribution in [0.2, 0.25) is 0 Å². The number of hydrogen-bond donors (Lipinski definition) is 2. The molecule has 3 N–H and O–H groups in total. The van der Waals surface area contributed by atoms with Crippen LogP contribution >= 0.6 is 0 Å². The number of primary amides is 1. The molecule has 3 rings (SSSR count). The third kappa shape index (κ3) is 4.60. The minimum atomic E-state index is -0.540. The van der Waals surface area contributed by atoms with Gasteiger partial charge >= 0.3 is 0 Å². The Morgan fingerprint density at radius 2 is 2.20 bits per heavy atom. The van der Waals surface area contributed by atoms with E-state index in [1.165, 1.54) is 12.8 Å². The highest BCUT2D eigenvalue weighted by molar-refractivity contribution is 5.90. The number of nitrogens with one attached hydrogen (secondary N) is 1. The van der Waals surface area contributed by atoms with Crippen molar-refractivity contribution in [2.24, 2.45) is 11.7 Å². The van der Waals surface area contributed by atoms with Crippen molar-refractivity contribution in [2.75, 3.05) is 19.7 Å². The summed E-state index contributed by atoms with van der Waals surface area (Å²) >= 11 is 0. The molecule has 138 valence electrons. The smallest absolute Gasteiger partial charge is 0.269 e. The van der Waals surface area contributed by atoms with Gasteiger partial charge in [0.05, 0.1) is 6.10 Å². The number of likely N-dealkylation sites (tertiary alicyclic amines) is 1. The molecular weight excluding hydrogens is 320 g/mol. The fourth-order valence-corrected chi connectivity index (χ4v) is 3.94. The van der Waals surface area contributed by atoms with Crippen LogP contribution in [0.3, 0.4) is 0 Å². The number of amides is 2. The second kappa shape index (κ2) is 7.99. The minimum absolute atomic E-state index is 0.0533. The molecule has 0 bridgehead atoms. The highest BCUT2D eigenvalue weighted by Gasteiger charge is 2.27. The number of carbonyl (C=O) groups is 2. The lowest BCUT2D eigenvalue weighted by molar-refractivity contribution is -0.140. The SMILES string of the molecule is C[C@@H]1CCC[C@@H](OCC(=O)N2CCC[C@H](c3cc(C(N)=O)n[nH]3)C2)C1. The number of carbonyl (C=O) groups excluding carboxylic acids is 2. The highest BCUT2D eigenvalue weighted by atomic mass is 16.5. The number of nitrogens with zero attached hydrogens (tertiary/aromatic N) is 2. The first-order valence-corrected chi connectivity index (χ1v) is 9.27. The van der Waals surface area contributed by atoms with Gasteiger partial charge in [-0.15, -0.1) is 0 Å². The van der Waals surface area contributed by atoms with Crippen molar-refractivity contribution in [3.05, 3.63) is 17.5 Å². The summed E-state index contributed by atoms with van der Waals surface area (Å²) in [5.41, 5.74) is 6.36. The molecular formula is C18H28N4O3. The van der Waals surface area contributed by atoms with Crippen LogP contribution in [0.4, 0.5) is 0 Å². The number of hydrogen-bond acceptors (Lipinski definition) is 4. The third-order valence-electron chi connectivity index (χ3n) is 5.39. The second-order valence-electron chi connectivity index (χ2n) is 7.46. The van der Waals surface area contributed by atoms with Gasteiger partial charge in [0.2, 0.25) is 5.91 Å². The van der Waals surface area contributed by atoms with Gasteiger partial charge in [-0.3, -0.25) is 14.7 Å². The number of ether oxygens (including phenoxy) is 1. The van der Waals surface area contributed by atoms with Crippen molar-refractivity contribution in [2.45, 2.75) is 57.5 Å². The number of aromatic amines is 1. The van der Waals surface area contributed by atoms with Crippen molar-refractivity contribution in [3.8, 4) is 0 Å². The van der Waals surface area contributed by atoms with E-state index in [9.17, 15) is 9.59 Å². The predicted octanol–water partition coefficient (Wildman–Crippen LogP) is 1.81. The van der Waals surface area contributed by atoms with E-state index in [4.69, 9.17) is 10.5 Å². The number of rotatable bonds is 5. The molecule has 0 spiro atoms. The van der Waals surface area contributed by atoms with Crippen molar-refractivity contribution in [1.29, 1.82) is 0 Å². The molecule has 1 aliphatic carbocycles. The summed E-state index contributed by atoms with van der Waals surface area (Å²) < 4.78 is 5.87. The minimum Gasteiger partial charge on any atom is -0.368 e. The molecule has 2 aliphatic rings. The summed E-state index contributed by atoms with van der Waals surface area (Å²) in [5.74, 6) is 0.361. The van der Waals surface area contributed by atoms with Crippen LogP contribution in [0.5, 0.6) is 0 Å². The van der Waals surface area contributed by atoms with Crippen LogP contribution < -0.4 is 5.73 Å². The van der Waals surface area contributed by atoms with Crippen molar-refractivity contribution >= 4 is 11.8 Å². The molecule has 2 amide bonds. The summed E-state index contributed by atoms with van der Waals surface area (Å²) in [6.45, 7) is 3.80. The summed E-state index contributed by atoms with van der Waals surface area (Å²) in [6.07, 6.45) is 6.68. The molecule has 0 aromatic carbocycles. The van der Waals surface area contributed by atoms with Gasteiger partial charge in [-0.05, 0) is 37.7 Å². The predicted molar refractivity (Wildman–Crippen MR) is 93.0 cm³/mol. The van der Waals surface area contributed by atoms with E-state index in [1.807, 2.05) is 4.90 Å². The van der Waals surface area contributed by atoms with E-state index in [-0.39, 0.29) is 30.2 Å². The van der Waals surface area contributed by atoms with Gasteiger partial charge in [-0.2, -0.15) is 5.10 Å². The molecule has 0 radical (unpaired) electrons. The summed E-state index contributed by atoms with van der Waals surface area (Å²) in [5, 5.41) is 6.82. The molecule has 1 aromatic heterocycles. The Morgan fingerprint density at radius 1 is 1.36 bits per heavy atom. The van der Waals surface area contributed by atoms with E-state index >= 15 is 0 Å². The van der Waals surface area contributed by atoms with Gasteiger partial charge < -0.3 is 15.4 Å². The van der Waals surface area contributed by atoms with Crippen LogP contribution in [0.25, 0.3) is 0 Å². The lowest BCUT2D eigenvalue weighted by Gasteiger charge is -2.33. The molecule has 7 nitrogen and oxygen atoms in total. The van der Waals surface area contributed by atoms with Gasteiger partial charge in [0.1, 0.15) is 12.3 Å². The molecule has 25 heavy (non-hydrogen) atoms. The number of nitrogens with two attached hydrogens (primary N) is 1. The standard InChI is InChI=1S/C18H28N4O3/c1-12-4-2-6-14(8-12)25-11-17(23)22-7-3-5-13(10-22)15-9-16(18(19)24)21-20-15/h9,12-14H,2-8,10-11H2,1H3,(H2,19,24)(H,20,21)/t12-,13+,14-/m1/s1. The second-order valence-corrected chi connectivity index (χ2v) is 7.46. The molecule has 1 saturated heterocycles. The topological polar surface area (TPSA) is 101 Å². The first-order valence-electron chi connectivity index (χ1n) is 9.27. The summed E-state index contributed by atoms with van der Waals surface area (Å²) in [6, 6.07) is 1.70. The van der Waals surface area contributed by atoms with Gasteiger partial charge in [0.25, 0.3) is 5.91 Å². The maximum atomic E-state index is 12.5. The lowest BCUT2D eigenvalue weighted by Crippen LogP contribution is -2.41. The Labute approximate surface area is 148 Å². The Kier molecular flexibility index (Phi) is 5.73. The maximum Gasteiger partial charge on any atom is 0.269 e. The molecule has 1 saturated carbocycles. The Morgan fingerprint density at radius 3 is 2.92 bits per heavy atom. The van der Waals surface area contributed by atoms with Gasteiger partial charge in [-0.25, -0.2) is 0 Å². The quantitative estimate of drug-likeness (QED) is 0.847. The zero-order valence-electron chi connectivity index (χ0n) is 14.9. The zero-order chi connectivity index (χ0) is 17.8. The van der Waals surface area contributed by atoms with E-state index in [0.717, 1.165) is 37.9 Å². The number of H-pyrrole nitrogens is 1.